The zero-order chi connectivity index (χ0) is 24.7. The summed E-state index contributed by atoms with van der Waals surface area (Å²) in [6.45, 7) is 8.32. The van der Waals surface area contributed by atoms with Gasteiger partial charge in [0.25, 0.3) is 0 Å². The Labute approximate surface area is 206 Å². The van der Waals surface area contributed by atoms with Crippen LogP contribution in [0.4, 0.5) is 17.1 Å². The third-order valence-electron chi connectivity index (χ3n) is 7.01. The van der Waals surface area contributed by atoms with E-state index in [0.717, 1.165) is 40.3 Å². The monoisotopic (exact) mass is 469 g/mol. The van der Waals surface area contributed by atoms with Crippen LogP contribution in [0.25, 0.3) is 0 Å². The van der Waals surface area contributed by atoms with Gasteiger partial charge in [-0.15, -0.1) is 0 Å². The van der Waals surface area contributed by atoms with E-state index in [1.807, 2.05) is 73.3 Å². The van der Waals surface area contributed by atoms with Crippen molar-refractivity contribution in [1.82, 2.24) is 0 Å². The molecule has 6 nitrogen and oxygen atoms in total. The van der Waals surface area contributed by atoms with E-state index >= 15 is 0 Å². The normalized spacial score (nSPS) is 18.9. The topological polar surface area (TPSA) is 74.6 Å². The Morgan fingerprint density at radius 3 is 2.66 bits per heavy atom. The predicted molar refractivity (Wildman–Crippen MR) is 138 cm³/mol. The minimum absolute atomic E-state index is 0.0604. The number of fused-ring (bicyclic) bond motifs is 1. The van der Waals surface area contributed by atoms with Gasteiger partial charge in [-0.3, -0.25) is 9.59 Å². The van der Waals surface area contributed by atoms with Crippen molar-refractivity contribution in [3.8, 4) is 0 Å². The summed E-state index contributed by atoms with van der Waals surface area (Å²) in [4.78, 5) is 29.0. The fourth-order valence-corrected chi connectivity index (χ4v) is 5.20. The third-order valence-corrected chi connectivity index (χ3v) is 7.01. The maximum absolute atomic E-state index is 13.6. The van der Waals surface area contributed by atoms with E-state index in [2.05, 4.69) is 24.5 Å². The van der Waals surface area contributed by atoms with Gasteiger partial charge in [0.05, 0.1) is 24.2 Å². The van der Waals surface area contributed by atoms with Gasteiger partial charge in [-0.2, -0.15) is 0 Å². The minimum Gasteiger partial charge on any atom is -0.467 e. The number of Topliss-reactive ketones (excluding diaryl/α,β-unsaturated/α-hetero) is 1. The molecule has 180 valence electrons. The van der Waals surface area contributed by atoms with Crippen LogP contribution >= 0.6 is 0 Å². The van der Waals surface area contributed by atoms with Gasteiger partial charge < -0.3 is 20.0 Å². The Hall–Kier alpha value is -3.80. The summed E-state index contributed by atoms with van der Waals surface area (Å²) in [5.41, 5.74) is 6.10. The Morgan fingerprint density at radius 2 is 1.89 bits per heavy atom. The number of ketones is 1. The molecule has 2 heterocycles. The fraction of sp³-hybridized carbons (Fsp3) is 0.310. The van der Waals surface area contributed by atoms with Crippen LogP contribution in [0.3, 0.4) is 0 Å². The Bertz CT molecular complexity index is 1320. The molecular weight excluding hydrogens is 438 g/mol. The number of allylic oxidation sites excluding steroid dienone is 1. The van der Waals surface area contributed by atoms with E-state index in [4.69, 9.17) is 4.42 Å². The highest BCUT2D eigenvalue weighted by atomic mass is 16.3. The second-order valence-corrected chi connectivity index (χ2v) is 10.3. The van der Waals surface area contributed by atoms with Gasteiger partial charge in [0.15, 0.2) is 5.78 Å². The number of nitrogens with one attached hydrogen (secondary N) is 2. The first-order valence-electron chi connectivity index (χ1n) is 12.0. The van der Waals surface area contributed by atoms with Gasteiger partial charge in [-0.25, -0.2) is 0 Å². The van der Waals surface area contributed by atoms with E-state index in [9.17, 15) is 9.59 Å². The average molecular weight is 470 g/mol. The van der Waals surface area contributed by atoms with Crippen molar-refractivity contribution < 1.29 is 14.0 Å². The zero-order valence-corrected chi connectivity index (χ0v) is 20.6. The first kappa shape index (κ1) is 23.0. The van der Waals surface area contributed by atoms with Crippen molar-refractivity contribution in [3.63, 3.8) is 0 Å². The van der Waals surface area contributed by atoms with Gasteiger partial charge in [0, 0.05) is 23.4 Å². The lowest BCUT2D eigenvalue weighted by molar-refractivity contribution is -0.119. The number of amides is 1. The van der Waals surface area contributed by atoms with E-state index in [1.165, 1.54) is 0 Å². The van der Waals surface area contributed by atoms with Crippen molar-refractivity contribution >= 4 is 28.8 Å². The molecule has 0 spiro atoms. The molecule has 5 rings (SSSR count). The number of furan rings is 1. The van der Waals surface area contributed by atoms with E-state index in [-0.39, 0.29) is 23.7 Å². The molecule has 1 atom stereocenters. The molecule has 0 unspecified atom stereocenters. The Balaban J connectivity index is 1.60. The molecule has 6 heteroatoms. The van der Waals surface area contributed by atoms with Crippen LogP contribution in [0.5, 0.6) is 0 Å². The summed E-state index contributed by atoms with van der Waals surface area (Å²) in [7, 11) is 0. The quantitative estimate of drug-likeness (QED) is 0.479. The number of para-hydroxylation sites is 2. The molecule has 2 aliphatic rings. The first-order chi connectivity index (χ1) is 16.7. The van der Waals surface area contributed by atoms with Crippen LogP contribution in [-0.2, 0) is 9.59 Å². The highest BCUT2D eigenvalue weighted by Gasteiger charge is 2.42. The molecule has 1 aliphatic carbocycles. The number of rotatable bonds is 4. The lowest BCUT2D eigenvalue weighted by Gasteiger charge is -2.36. The molecule has 2 N–H and O–H groups in total. The minimum atomic E-state index is -0.510. The first-order valence-corrected chi connectivity index (χ1v) is 12.0. The van der Waals surface area contributed by atoms with Crippen molar-refractivity contribution in [3.05, 3.63) is 89.0 Å². The van der Waals surface area contributed by atoms with Gasteiger partial charge in [0.1, 0.15) is 11.8 Å². The molecule has 0 saturated carbocycles. The predicted octanol–water partition coefficient (Wildman–Crippen LogP) is 6.15. The summed E-state index contributed by atoms with van der Waals surface area (Å²) in [6, 6.07) is 17.0. The summed E-state index contributed by atoms with van der Waals surface area (Å²) in [6.07, 6.45) is 2.80. The smallest absolute Gasteiger partial charge is 0.243 e. The van der Waals surface area contributed by atoms with Gasteiger partial charge >= 0.3 is 0 Å². The summed E-state index contributed by atoms with van der Waals surface area (Å²) in [5.74, 6) is 0.569. The zero-order valence-electron chi connectivity index (χ0n) is 20.6. The number of benzene rings is 2. The number of aryl methyl sites for hydroxylation is 1. The Kier molecular flexibility index (Phi) is 5.75. The van der Waals surface area contributed by atoms with Crippen LogP contribution < -0.4 is 15.5 Å². The van der Waals surface area contributed by atoms with E-state index < -0.39 is 6.04 Å². The molecule has 0 bridgehead atoms. The molecule has 1 aromatic heterocycles. The molecule has 1 aliphatic heterocycles. The molecule has 0 fully saturated rings. The molecule has 1 amide bonds. The summed E-state index contributed by atoms with van der Waals surface area (Å²) in [5, 5.41) is 6.63. The average Bonchev–Trinajstić information content (AvgIpc) is 3.28. The Morgan fingerprint density at radius 1 is 1.09 bits per heavy atom. The van der Waals surface area contributed by atoms with Gasteiger partial charge in [-0.1, -0.05) is 38.1 Å². The molecule has 35 heavy (non-hydrogen) atoms. The number of hydrogen-bond acceptors (Lipinski definition) is 5. The molecule has 2 aromatic carbocycles. The number of nitrogens with zero attached hydrogens (tertiary/aromatic N) is 1. The summed E-state index contributed by atoms with van der Waals surface area (Å²) < 4.78 is 5.87. The van der Waals surface area contributed by atoms with Crippen LogP contribution in [0.1, 0.15) is 49.6 Å². The van der Waals surface area contributed by atoms with Crippen LogP contribution in [0.15, 0.2) is 76.5 Å². The SMILES string of the molecule is Cc1cccc(NC(=O)CN2c3ccccc3NC3=C(C(=O)CC(C)(C)C3)[C@H]2c2ccco2)c1C. The van der Waals surface area contributed by atoms with E-state index in [1.54, 1.807) is 6.26 Å². The van der Waals surface area contributed by atoms with Crippen molar-refractivity contribution in [2.75, 3.05) is 22.1 Å². The fourth-order valence-electron chi connectivity index (χ4n) is 5.20. The summed E-state index contributed by atoms with van der Waals surface area (Å²) >= 11 is 0. The third kappa shape index (κ3) is 4.36. The maximum atomic E-state index is 13.6. The second kappa shape index (κ2) is 8.77. The number of anilines is 3. The lowest BCUT2D eigenvalue weighted by Crippen LogP contribution is -2.40. The van der Waals surface area contributed by atoms with Crippen LogP contribution in [-0.4, -0.2) is 18.2 Å². The van der Waals surface area contributed by atoms with Crippen molar-refractivity contribution in [2.24, 2.45) is 5.41 Å². The number of carbonyl (C=O) groups is 2. The highest BCUT2D eigenvalue weighted by molar-refractivity contribution is 6.02. The molecule has 0 radical (unpaired) electrons. The standard InChI is InChI=1S/C29H31N3O3/c1-18-9-7-11-20(19(18)2)31-26(34)17-32-23-12-6-5-10-21(23)30-22-15-29(3,4)16-24(33)27(22)28(32)25-13-8-14-35-25/h5-14,28,30H,15-17H2,1-4H3,(H,31,34)/t28-/m1/s1. The second-order valence-electron chi connectivity index (χ2n) is 10.3. The lowest BCUT2D eigenvalue weighted by atomic mass is 9.74. The number of carbonyl (C=O) groups excluding carboxylic acids is 2. The number of hydrogen-bond donors (Lipinski definition) is 2. The van der Waals surface area contributed by atoms with Crippen molar-refractivity contribution in [1.29, 1.82) is 0 Å². The van der Waals surface area contributed by atoms with E-state index in [0.29, 0.717) is 17.8 Å². The molecule has 3 aromatic rings. The van der Waals surface area contributed by atoms with Crippen LogP contribution in [0.2, 0.25) is 0 Å². The van der Waals surface area contributed by atoms with Crippen molar-refractivity contribution in [2.45, 2.75) is 46.6 Å². The van der Waals surface area contributed by atoms with Gasteiger partial charge in [0.2, 0.25) is 5.91 Å². The van der Waals surface area contributed by atoms with Crippen LogP contribution in [0, 0.1) is 19.3 Å². The maximum Gasteiger partial charge on any atom is 0.243 e. The molecular formula is C29H31N3O3. The largest absolute Gasteiger partial charge is 0.467 e. The highest BCUT2D eigenvalue weighted by Crippen LogP contribution is 2.48. The van der Waals surface area contributed by atoms with Gasteiger partial charge in [-0.05, 0) is 67.1 Å². The molecule has 0 saturated heterocycles.